The molecule has 6 heteroatoms. The maximum atomic E-state index is 12.4. The molecule has 2 N–H and O–H groups in total. The van der Waals surface area contributed by atoms with Crippen molar-refractivity contribution >= 4 is 17.8 Å². The summed E-state index contributed by atoms with van der Waals surface area (Å²) < 4.78 is 0. The third kappa shape index (κ3) is 2.27. The van der Waals surface area contributed by atoms with Crippen molar-refractivity contribution in [2.45, 2.75) is 62.9 Å². The molecule has 6 nitrogen and oxygen atoms in total. The highest BCUT2D eigenvalue weighted by Gasteiger charge is 2.52. The van der Waals surface area contributed by atoms with Crippen molar-refractivity contribution in [2.24, 2.45) is 0 Å². The van der Waals surface area contributed by atoms with Crippen molar-refractivity contribution in [1.29, 1.82) is 0 Å². The Hall–Kier alpha value is -1.59. The number of nitrogens with zero attached hydrogens (tertiary/aromatic N) is 1. The molecule has 2 aliphatic carbocycles. The molecule has 0 aromatic rings. The SMILES string of the molecule is O=C(CN1C(=O)NC2(CCCC2)C1=O)NC1CCCC1. The Labute approximate surface area is 118 Å². The molecule has 0 aromatic heterocycles. The number of urea groups is 1. The van der Waals surface area contributed by atoms with Crippen LogP contribution < -0.4 is 10.6 Å². The molecule has 1 spiro atoms. The number of nitrogens with one attached hydrogen (secondary N) is 2. The summed E-state index contributed by atoms with van der Waals surface area (Å²) in [6.45, 7) is -0.150. The van der Waals surface area contributed by atoms with E-state index < -0.39 is 11.6 Å². The number of carbonyl (C=O) groups excluding carboxylic acids is 3. The monoisotopic (exact) mass is 279 g/mol. The molecular formula is C14H21N3O3. The minimum atomic E-state index is -0.718. The summed E-state index contributed by atoms with van der Waals surface area (Å²) in [5.41, 5.74) is -0.718. The van der Waals surface area contributed by atoms with E-state index in [9.17, 15) is 14.4 Å². The summed E-state index contributed by atoms with van der Waals surface area (Å²) >= 11 is 0. The first kappa shape index (κ1) is 13.4. The van der Waals surface area contributed by atoms with Gasteiger partial charge in [0, 0.05) is 6.04 Å². The highest BCUT2D eigenvalue weighted by atomic mass is 16.2. The average Bonchev–Trinajstić information content (AvgIpc) is 3.10. The lowest BCUT2D eigenvalue weighted by Gasteiger charge is -2.20. The topological polar surface area (TPSA) is 78.5 Å². The molecule has 1 saturated heterocycles. The van der Waals surface area contributed by atoms with E-state index in [1.165, 1.54) is 0 Å². The van der Waals surface area contributed by atoms with Crippen molar-refractivity contribution in [1.82, 2.24) is 15.5 Å². The first-order chi connectivity index (χ1) is 9.61. The quantitative estimate of drug-likeness (QED) is 0.754. The van der Waals surface area contributed by atoms with Gasteiger partial charge >= 0.3 is 6.03 Å². The Morgan fingerprint density at radius 2 is 1.85 bits per heavy atom. The fraction of sp³-hybridized carbons (Fsp3) is 0.786. The summed E-state index contributed by atoms with van der Waals surface area (Å²) in [5, 5.41) is 5.70. The van der Waals surface area contributed by atoms with E-state index in [1.54, 1.807) is 0 Å². The Morgan fingerprint density at radius 1 is 1.20 bits per heavy atom. The molecule has 3 fully saturated rings. The number of imide groups is 1. The third-order valence-corrected chi connectivity index (χ3v) is 4.73. The van der Waals surface area contributed by atoms with Gasteiger partial charge in [-0.05, 0) is 25.7 Å². The second kappa shape index (κ2) is 5.07. The average molecular weight is 279 g/mol. The highest BCUT2D eigenvalue weighted by Crippen LogP contribution is 2.34. The largest absolute Gasteiger partial charge is 0.352 e. The number of hydrogen-bond acceptors (Lipinski definition) is 3. The van der Waals surface area contributed by atoms with Crippen molar-refractivity contribution in [3.63, 3.8) is 0 Å². The zero-order valence-corrected chi connectivity index (χ0v) is 11.6. The Bertz CT molecular complexity index is 437. The minimum Gasteiger partial charge on any atom is -0.352 e. The van der Waals surface area contributed by atoms with Crippen molar-refractivity contribution < 1.29 is 14.4 Å². The molecule has 0 aromatic carbocycles. The van der Waals surface area contributed by atoms with Crippen molar-refractivity contribution in [2.75, 3.05) is 6.54 Å². The van der Waals surface area contributed by atoms with E-state index in [0.29, 0.717) is 12.8 Å². The van der Waals surface area contributed by atoms with Crippen LogP contribution in [-0.2, 0) is 9.59 Å². The van der Waals surface area contributed by atoms with Gasteiger partial charge in [0.25, 0.3) is 5.91 Å². The van der Waals surface area contributed by atoms with Gasteiger partial charge in [0.1, 0.15) is 12.1 Å². The van der Waals surface area contributed by atoms with E-state index >= 15 is 0 Å². The first-order valence-corrected chi connectivity index (χ1v) is 7.54. The van der Waals surface area contributed by atoms with Crippen molar-refractivity contribution in [3.05, 3.63) is 0 Å². The second-order valence-corrected chi connectivity index (χ2v) is 6.16. The molecule has 110 valence electrons. The molecule has 4 amide bonds. The van der Waals surface area contributed by atoms with Gasteiger partial charge in [0.15, 0.2) is 0 Å². The summed E-state index contributed by atoms with van der Waals surface area (Å²) in [6.07, 6.45) is 7.55. The van der Waals surface area contributed by atoms with Crippen LogP contribution in [0.15, 0.2) is 0 Å². The fourth-order valence-electron chi connectivity index (χ4n) is 3.62. The highest BCUT2D eigenvalue weighted by molar-refractivity contribution is 6.09. The molecule has 2 saturated carbocycles. The Balaban J connectivity index is 1.60. The van der Waals surface area contributed by atoms with E-state index in [2.05, 4.69) is 10.6 Å². The van der Waals surface area contributed by atoms with Crippen LogP contribution in [0.3, 0.4) is 0 Å². The Kier molecular flexibility index (Phi) is 3.40. The molecule has 0 atom stereocenters. The summed E-state index contributed by atoms with van der Waals surface area (Å²) in [7, 11) is 0. The standard InChI is InChI=1S/C14H21N3O3/c18-11(15-10-5-1-2-6-10)9-17-12(19)14(16-13(17)20)7-3-4-8-14/h10H,1-9H2,(H,15,18)(H,16,20). The summed E-state index contributed by atoms with van der Waals surface area (Å²) in [4.78, 5) is 37.4. The van der Waals surface area contributed by atoms with Crippen LogP contribution in [0, 0.1) is 0 Å². The van der Waals surface area contributed by atoms with E-state index in [4.69, 9.17) is 0 Å². The maximum Gasteiger partial charge on any atom is 0.325 e. The molecule has 1 aliphatic heterocycles. The van der Waals surface area contributed by atoms with Crippen LogP contribution in [-0.4, -0.2) is 40.9 Å². The van der Waals surface area contributed by atoms with E-state index in [-0.39, 0.29) is 24.4 Å². The molecule has 0 unspecified atom stereocenters. The zero-order chi connectivity index (χ0) is 14.2. The van der Waals surface area contributed by atoms with Gasteiger partial charge in [0.2, 0.25) is 5.91 Å². The predicted molar refractivity (Wildman–Crippen MR) is 71.8 cm³/mol. The Morgan fingerprint density at radius 3 is 2.50 bits per heavy atom. The number of hydrogen-bond donors (Lipinski definition) is 2. The zero-order valence-electron chi connectivity index (χ0n) is 11.6. The maximum absolute atomic E-state index is 12.4. The summed E-state index contributed by atoms with van der Waals surface area (Å²) in [5.74, 6) is -0.447. The second-order valence-electron chi connectivity index (χ2n) is 6.16. The lowest BCUT2D eigenvalue weighted by Crippen LogP contribution is -2.46. The molecule has 1 heterocycles. The number of rotatable bonds is 3. The normalized spacial score (nSPS) is 25.5. The van der Waals surface area contributed by atoms with E-state index in [1.807, 2.05) is 0 Å². The minimum absolute atomic E-state index is 0.150. The van der Waals surface area contributed by atoms with Crippen LogP contribution >= 0.6 is 0 Å². The number of amides is 4. The van der Waals surface area contributed by atoms with Gasteiger partial charge in [0.05, 0.1) is 0 Å². The van der Waals surface area contributed by atoms with Gasteiger partial charge in [-0.15, -0.1) is 0 Å². The molecule has 20 heavy (non-hydrogen) atoms. The van der Waals surface area contributed by atoms with Gasteiger partial charge < -0.3 is 10.6 Å². The van der Waals surface area contributed by atoms with Crippen LogP contribution in [0.5, 0.6) is 0 Å². The first-order valence-electron chi connectivity index (χ1n) is 7.54. The molecule has 3 rings (SSSR count). The van der Waals surface area contributed by atoms with Crippen LogP contribution in [0.1, 0.15) is 51.4 Å². The van der Waals surface area contributed by atoms with Crippen molar-refractivity contribution in [3.8, 4) is 0 Å². The smallest absolute Gasteiger partial charge is 0.325 e. The number of carbonyl (C=O) groups is 3. The van der Waals surface area contributed by atoms with Gasteiger partial charge in [-0.25, -0.2) is 4.79 Å². The molecule has 3 aliphatic rings. The molecule has 0 bridgehead atoms. The van der Waals surface area contributed by atoms with Gasteiger partial charge in [-0.3, -0.25) is 14.5 Å². The lowest BCUT2D eigenvalue weighted by atomic mass is 9.98. The predicted octanol–water partition coefficient (Wildman–Crippen LogP) is 0.910. The molecular weight excluding hydrogens is 258 g/mol. The van der Waals surface area contributed by atoms with Crippen LogP contribution in [0.25, 0.3) is 0 Å². The third-order valence-electron chi connectivity index (χ3n) is 4.73. The van der Waals surface area contributed by atoms with Crippen LogP contribution in [0.4, 0.5) is 4.79 Å². The van der Waals surface area contributed by atoms with Gasteiger partial charge in [-0.2, -0.15) is 0 Å². The van der Waals surface area contributed by atoms with Gasteiger partial charge in [-0.1, -0.05) is 25.7 Å². The molecule has 0 radical (unpaired) electrons. The lowest BCUT2D eigenvalue weighted by molar-refractivity contribution is -0.135. The summed E-state index contributed by atoms with van der Waals surface area (Å²) in [6, 6.07) is -0.206. The van der Waals surface area contributed by atoms with Crippen LogP contribution in [0.2, 0.25) is 0 Å². The van der Waals surface area contributed by atoms with E-state index in [0.717, 1.165) is 43.4 Å². The fourth-order valence-corrected chi connectivity index (χ4v) is 3.62.